The van der Waals surface area contributed by atoms with E-state index in [1.807, 2.05) is 0 Å². The molecule has 3 rings (SSSR count). The lowest BCUT2D eigenvalue weighted by atomic mass is 10.1. The lowest BCUT2D eigenvalue weighted by Crippen LogP contribution is -2.52. The fraction of sp³-hybridized carbons (Fsp3) is 0.533. The molecule has 1 atom stereocenters. The number of nitrogens with zero attached hydrogens (tertiary/aromatic N) is 2. The van der Waals surface area contributed by atoms with E-state index in [1.54, 1.807) is 11.0 Å². The van der Waals surface area contributed by atoms with Gasteiger partial charge in [-0.25, -0.2) is 4.39 Å². The van der Waals surface area contributed by atoms with E-state index in [0.717, 1.165) is 32.6 Å². The summed E-state index contributed by atoms with van der Waals surface area (Å²) in [5.74, 6) is -0.850. The molecule has 0 bridgehead atoms. The molecule has 1 aromatic rings. The topological polar surface area (TPSA) is 35.6 Å². The summed E-state index contributed by atoms with van der Waals surface area (Å²) in [5.41, 5.74) is -0.00449. The van der Waals surface area contributed by atoms with Crippen molar-refractivity contribution < 1.29 is 9.18 Å². The first kappa shape index (κ1) is 14.8. The molecular formula is C15H19ClFN3O. The first-order valence-corrected chi connectivity index (χ1v) is 7.72. The zero-order valence-electron chi connectivity index (χ0n) is 11.8. The van der Waals surface area contributed by atoms with Crippen molar-refractivity contribution in [1.82, 2.24) is 15.1 Å². The lowest BCUT2D eigenvalue weighted by Gasteiger charge is -2.37. The van der Waals surface area contributed by atoms with E-state index in [2.05, 4.69) is 10.2 Å². The normalized spacial score (nSPS) is 23.5. The molecule has 4 nitrogen and oxygen atoms in total. The van der Waals surface area contributed by atoms with Crippen LogP contribution in [0.4, 0.5) is 4.39 Å². The van der Waals surface area contributed by atoms with Crippen molar-refractivity contribution in [2.75, 3.05) is 39.3 Å². The summed E-state index contributed by atoms with van der Waals surface area (Å²) in [6.45, 7) is 5.01. The third-order valence-electron chi connectivity index (χ3n) is 4.33. The molecule has 0 aromatic heterocycles. The minimum absolute atomic E-state index is 0.00449. The van der Waals surface area contributed by atoms with Crippen LogP contribution in [0.25, 0.3) is 0 Å². The Hall–Kier alpha value is -1.17. The molecule has 2 aliphatic heterocycles. The minimum atomic E-state index is -0.546. The summed E-state index contributed by atoms with van der Waals surface area (Å²) in [5, 5.41) is 3.54. The van der Waals surface area contributed by atoms with Gasteiger partial charge in [-0.2, -0.15) is 0 Å². The highest BCUT2D eigenvalue weighted by atomic mass is 35.5. The average molecular weight is 312 g/mol. The molecule has 0 spiro atoms. The summed E-state index contributed by atoms with van der Waals surface area (Å²) < 4.78 is 13.8. The Bertz CT molecular complexity index is 505. The molecule has 6 heteroatoms. The maximum absolute atomic E-state index is 13.8. The van der Waals surface area contributed by atoms with Gasteiger partial charge in [0.1, 0.15) is 5.82 Å². The molecule has 1 unspecified atom stereocenters. The Balaban J connectivity index is 1.65. The number of rotatable bonds is 2. The van der Waals surface area contributed by atoms with Crippen molar-refractivity contribution in [3.8, 4) is 0 Å². The smallest absolute Gasteiger partial charge is 0.258 e. The summed E-state index contributed by atoms with van der Waals surface area (Å²) >= 11 is 5.97. The van der Waals surface area contributed by atoms with E-state index >= 15 is 0 Å². The van der Waals surface area contributed by atoms with Crippen molar-refractivity contribution in [1.29, 1.82) is 0 Å². The van der Waals surface area contributed by atoms with Crippen LogP contribution in [-0.4, -0.2) is 61.0 Å². The molecule has 2 aliphatic rings. The Labute approximate surface area is 128 Å². The molecule has 1 amide bonds. The molecule has 0 radical (unpaired) electrons. The van der Waals surface area contributed by atoms with E-state index in [0.29, 0.717) is 19.1 Å². The van der Waals surface area contributed by atoms with Crippen LogP contribution in [0.15, 0.2) is 18.2 Å². The van der Waals surface area contributed by atoms with Gasteiger partial charge in [-0.05, 0) is 25.1 Å². The van der Waals surface area contributed by atoms with Crippen LogP contribution < -0.4 is 5.32 Å². The second kappa shape index (κ2) is 6.30. The van der Waals surface area contributed by atoms with Crippen LogP contribution in [0.2, 0.25) is 5.02 Å². The molecule has 1 aromatic carbocycles. The van der Waals surface area contributed by atoms with Gasteiger partial charge >= 0.3 is 0 Å². The Kier molecular flexibility index (Phi) is 4.42. The third-order valence-corrected chi connectivity index (χ3v) is 4.64. The third kappa shape index (κ3) is 3.05. The minimum Gasteiger partial charge on any atom is -0.336 e. The van der Waals surface area contributed by atoms with Gasteiger partial charge in [-0.15, -0.1) is 0 Å². The van der Waals surface area contributed by atoms with Crippen LogP contribution in [0.5, 0.6) is 0 Å². The van der Waals surface area contributed by atoms with Gasteiger partial charge in [-0.1, -0.05) is 17.7 Å². The Morgan fingerprint density at radius 2 is 2.05 bits per heavy atom. The number of nitrogens with one attached hydrogen (secondary N) is 1. The van der Waals surface area contributed by atoms with E-state index < -0.39 is 5.82 Å². The van der Waals surface area contributed by atoms with Gasteiger partial charge in [-0.3, -0.25) is 9.69 Å². The number of amides is 1. The second-order valence-corrected chi connectivity index (χ2v) is 5.98. The molecule has 0 aliphatic carbocycles. The standard InChI is InChI=1S/C15H19ClFN3O/c16-12-2-1-3-13(17)14(12)15(21)20-8-6-19(7-9-20)11-4-5-18-10-11/h1-3,11,18H,4-10H2. The number of benzene rings is 1. The summed E-state index contributed by atoms with van der Waals surface area (Å²) in [4.78, 5) is 16.5. The predicted molar refractivity (Wildman–Crippen MR) is 80.2 cm³/mol. The van der Waals surface area contributed by atoms with Crippen LogP contribution in [0.3, 0.4) is 0 Å². The van der Waals surface area contributed by atoms with Gasteiger partial charge in [0.05, 0.1) is 10.6 Å². The average Bonchev–Trinajstić information content (AvgIpc) is 3.01. The van der Waals surface area contributed by atoms with Crippen molar-refractivity contribution in [3.63, 3.8) is 0 Å². The lowest BCUT2D eigenvalue weighted by molar-refractivity contribution is 0.0579. The summed E-state index contributed by atoms with van der Waals surface area (Å²) in [6, 6.07) is 4.91. The van der Waals surface area contributed by atoms with Crippen LogP contribution in [-0.2, 0) is 0 Å². The molecule has 0 saturated carbocycles. The first-order chi connectivity index (χ1) is 10.2. The number of piperazine rings is 1. The van der Waals surface area contributed by atoms with Gasteiger partial charge in [0, 0.05) is 38.8 Å². The molecule has 2 fully saturated rings. The SMILES string of the molecule is O=C(c1c(F)cccc1Cl)N1CCN(C2CCNC2)CC1. The monoisotopic (exact) mass is 311 g/mol. The van der Waals surface area contributed by atoms with Crippen molar-refractivity contribution in [2.45, 2.75) is 12.5 Å². The summed E-state index contributed by atoms with van der Waals surface area (Å²) in [7, 11) is 0. The Morgan fingerprint density at radius 1 is 1.29 bits per heavy atom. The van der Waals surface area contributed by atoms with Crippen molar-refractivity contribution in [3.05, 3.63) is 34.6 Å². The van der Waals surface area contributed by atoms with Gasteiger partial charge in [0.15, 0.2) is 0 Å². The molecule has 114 valence electrons. The maximum atomic E-state index is 13.8. The van der Waals surface area contributed by atoms with Crippen LogP contribution in [0.1, 0.15) is 16.8 Å². The number of halogens is 2. The molecular weight excluding hydrogens is 293 g/mol. The second-order valence-electron chi connectivity index (χ2n) is 5.57. The van der Waals surface area contributed by atoms with Gasteiger partial charge in [0.25, 0.3) is 5.91 Å². The Morgan fingerprint density at radius 3 is 2.67 bits per heavy atom. The van der Waals surface area contributed by atoms with E-state index in [4.69, 9.17) is 11.6 Å². The van der Waals surface area contributed by atoms with Gasteiger partial charge < -0.3 is 10.2 Å². The highest BCUT2D eigenvalue weighted by Gasteiger charge is 2.29. The number of hydrogen-bond acceptors (Lipinski definition) is 3. The molecule has 2 saturated heterocycles. The number of carbonyl (C=O) groups excluding carboxylic acids is 1. The van der Waals surface area contributed by atoms with E-state index in [-0.39, 0.29) is 16.5 Å². The zero-order valence-corrected chi connectivity index (χ0v) is 12.6. The van der Waals surface area contributed by atoms with E-state index in [9.17, 15) is 9.18 Å². The van der Waals surface area contributed by atoms with Crippen LogP contribution in [0, 0.1) is 5.82 Å². The zero-order chi connectivity index (χ0) is 14.8. The quantitative estimate of drug-likeness (QED) is 0.901. The maximum Gasteiger partial charge on any atom is 0.258 e. The fourth-order valence-corrected chi connectivity index (χ4v) is 3.35. The predicted octanol–water partition coefficient (Wildman–Crippen LogP) is 1.60. The fourth-order valence-electron chi connectivity index (χ4n) is 3.10. The summed E-state index contributed by atoms with van der Waals surface area (Å²) in [6.07, 6.45) is 1.16. The molecule has 21 heavy (non-hydrogen) atoms. The van der Waals surface area contributed by atoms with Gasteiger partial charge in [0.2, 0.25) is 0 Å². The van der Waals surface area contributed by atoms with Crippen molar-refractivity contribution in [2.24, 2.45) is 0 Å². The number of carbonyl (C=O) groups is 1. The highest BCUT2D eigenvalue weighted by Crippen LogP contribution is 2.22. The van der Waals surface area contributed by atoms with E-state index in [1.165, 1.54) is 12.1 Å². The molecule has 1 N–H and O–H groups in total. The van der Waals surface area contributed by atoms with Crippen LogP contribution >= 0.6 is 11.6 Å². The highest BCUT2D eigenvalue weighted by molar-refractivity contribution is 6.33. The molecule has 2 heterocycles. The first-order valence-electron chi connectivity index (χ1n) is 7.35. The number of hydrogen-bond donors (Lipinski definition) is 1. The largest absolute Gasteiger partial charge is 0.336 e. The van der Waals surface area contributed by atoms with Crippen molar-refractivity contribution >= 4 is 17.5 Å².